The van der Waals surface area contributed by atoms with Gasteiger partial charge >= 0.3 is 0 Å². The molecule has 0 saturated carbocycles. The summed E-state index contributed by atoms with van der Waals surface area (Å²) >= 11 is 0. The molecule has 2 atom stereocenters. The molecule has 2 aliphatic rings. The third-order valence-electron chi connectivity index (χ3n) is 4.05. The van der Waals surface area contributed by atoms with E-state index in [-0.39, 0.29) is 0 Å². The predicted molar refractivity (Wildman–Crippen MR) is 70.4 cm³/mol. The Morgan fingerprint density at radius 1 is 1.47 bits per heavy atom. The van der Waals surface area contributed by atoms with E-state index in [0.717, 1.165) is 32.8 Å². The lowest BCUT2D eigenvalue weighted by molar-refractivity contribution is -0.0528. The van der Waals surface area contributed by atoms with Gasteiger partial charge in [0, 0.05) is 38.3 Å². The minimum Gasteiger partial charge on any atom is -0.374 e. The Balaban J connectivity index is 1.77. The van der Waals surface area contributed by atoms with Crippen molar-refractivity contribution in [2.45, 2.75) is 38.5 Å². The molecule has 100 valence electrons. The lowest BCUT2D eigenvalue weighted by Gasteiger charge is -2.38. The summed E-state index contributed by atoms with van der Waals surface area (Å²) in [6.45, 7) is 11.0. The second-order valence-corrected chi connectivity index (χ2v) is 5.67. The van der Waals surface area contributed by atoms with Crippen LogP contribution in [0.25, 0.3) is 0 Å². The third kappa shape index (κ3) is 3.65. The number of hydrogen-bond donors (Lipinski definition) is 1. The van der Waals surface area contributed by atoms with Crippen LogP contribution in [0.2, 0.25) is 0 Å². The number of rotatable bonds is 4. The predicted octanol–water partition coefficient (Wildman–Crippen LogP) is 0.389. The average Bonchev–Trinajstić information content (AvgIpc) is 2.82. The second kappa shape index (κ2) is 6.14. The maximum Gasteiger partial charge on any atom is 0.0829 e. The van der Waals surface area contributed by atoms with Crippen LogP contribution >= 0.6 is 0 Å². The molecule has 2 unspecified atom stereocenters. The van der Waals surface area contributed by atoms with Crippen molar-refractivity contribution in [3.8, 4) is 0 Å². The molecule has 2 heterocycles. The molecule has 1 N–H and O–H groups in total. The van der Waals surface area contributed by atoms with Gasteiger partial charge in [-0.25, -0.2) is 0 Å². The summed E-state index contributed by atoms with van der Waals surface area (Å²) in [7, 11) is 2.23. The van der Waals surface area contributed by atoms with Crippen molar-refractivity contribution >= 4 is 0 Å². The van der Waals surface area contributed by atoms with E-state index in [1.807, 2.05) is 0 Å². The SMILES string of the molecule is CC(C)N1CCOC(CN(C)C2CCNC2)C1. The molecule has 17 heavy (non-hydrogen) atoms. The van der Waals surface area contributed by atoms with Crippen LogP contribution in [0.4, 0.5) is 0 Å². The van der Waals surface area contributed by atoms with Crippen LogP contribution in [-0.4, -0.2) is 74.4 Å². The molecule has 0 radical (unpaired) electrons. The summed E-state index contributed by atoms with van der Waals surface area (Å²) in [6.07, 6.45) is 1.66. The molecular weight excluding hydrogens is 214 g/mol. The molecule has 0 amide bonds. The Kier molecular flexibility index (Phi) is 4.79. The van der Waals surface area contributed by atoms with Crippen molar-refractivity contribution in [3.05, 3.63) is 0 Å². The van der Waals surface area contributed by atoms with E-state index in [1.165, 1.54) is 13.0 Å². The Hall–Kier alpha value is -0.160. The third-order valence-corrected chi connectivity index (χ3v) is 4.05. The minimum absolute atomic E-state index is 0.386. The maximum atomic E-state index is 5.88. The van der Waals surface area contributed by atoms with E-state index in [1.54, 1.807) is 0 Å². The summed E-state index contributed by atoms with van der Waals surface area (Å²) < 4.78 is 5.88. The average molecular weight is 241 g/mol. The van der Waals surface area contributed by atoms with Gasteiger partial charge < -0.3 is 10.1 Å². The molecule has 0 spiro atoms. The number of nitrogens with one attached hydrogen (secondary N) is 1. The van der Waals surface area contributed by atoms with Crippen LogP contribution in [0.5, 0.6) is 0 Å². The van der Waals surface area contributed by atoms with Gasteiger partial charge in [0.05, 0.1) is 12.7 Å². The van der Waals surface area contributed by atoms with Gasteiger partial charge in [-0.3, -0.25) is 9.80 Å². The maximum absolute atomic E-state index is 5.88. The van der Waals surface area contributed by atoms with Gasteiger partial charge in [-0.15, -0.1) is 0 Å². The zero-order valence-corrected chi connectivity index (χ0v) is 11.5. The van der Waals surface area contributed by atoms with E-state index in [9.17, 15) is 0 Å². The number of hydrogen-bond acceptors (Lipinski definition) is 4. The van der Waals surface area contributed by atoms with Crippen LogP contribution in [0.3, 0.4) is 0 Å². The first kappa shape index (κ1) is 13.3. The van der Waals surface area contributed by atoms with Crippen LogP contribution in [0.1, 0.15) is 20.3 Å². The molecule has 0 bridgehead atoms. The van der Waals surface area contributed by atoms with Gasteiger partial charge in [-0.2, -0.15) is 0 Å². The van der Waals surface area contributed by atoms with Gasteiger partial charge in [0.1, 0.15) is 0 Å². The normalized spacial score (nSPS) is 31.6. The standard InChI is InChI=1S/C13H27N3O/c1-11(2)16-6-7-17-13(10-16)9-15(3)12-4-5-14-8-12/h11-14H,4-10H2,1-3H3. The summed E-state index contributed by atoms with van der Waals surface area (Å²) in [5.74, 6) is 0. The number of ether oxygens (including phenoxy) is 1. The molecule has 2 rings (SSSR count). The number of nitrogens with zero attached hydrogens (tertiary/aromatic N) is 2. The fraction of sp³-hybridized carbons (Fsp3) is 1.00. The van der Waals surface area contributed by atoms with Gasteiger partial charge in [0.25, 0.3) is 0 Å². The summed E-state index contributed by atoms with van der Waals surface area (Å²) in [4.78, 5) is 4.99. The lowest BCUT2D eigenvalue weighted by atomic mass is 10.2. The highest BCUT2D eigenvalue weighted by atomic mass is 16.5. The lowest BCUT2D eigenvalue weighted by Crippen LogP contribution is -2.50. The molecule has 0 aromatic rings. The Morgan fingerprint density at radius 3 is 2.94 bits per heavy atom. The molecule has 0 aliphatic carbocycles. The summed E-state index contributed by atoms with van der Waals surface area (Å²) in [5, 5.41) is 3.42. The molecule has 4 heteroatoms. The van der Waals surface area contributed by atoms with Crippen molar-refractivity contribution in [1.82, 2.24) is 15.1 Å². The first-order valence-corrected chi connectivity index (χ1v) is 6.93. The van der Waals surface area contributed by atoms with E-state index in [4.69, 9.17) is 4.74 Å². The summed E-state index contributed by atoms with van der Waals surface area (Å²) in [6, 6.07) is 1.34. The van der Waals surface area contributed by atoms with Gasteiger partial charge in [-0.05, 0) is 33.9 Å². The van der Waals surface area contributed by atoms with Crippen LogP contribution < -0.4 is 5.32 Å². The molecular formula is C13H27N3O. The van der Waals surface area contributed by atoms with E-state index < -0.39 is 0 Å². The van der Waals surface area contributed by atoms with E-state index in [2.05, 4.69) is 36.0 Å². The first-order valence-electron chi connectivity index (χ1n) is 6.93. The van der Waals surface area contributed by atoms with Crippen molar-refractivity contribution in [3.63, 3.8) is 0 Å². The largest absolute Gasteiger partial charge is 0.374 e. The van der Waals surface area contributed by atoms with Gasteiger partial charge in [0.2, 0.25) is 0 Å². The summed E-state index contributed by atoms with van der Waals surface area (Å²) in [5.41, 5.74) is 0. The first-order chi connectivity index (χ1) is 8.16. The molecule has 2 aliphatic heterocycles. The fourth-order valence-corrected chi connectivity index (χ4v) is 2.81. The monoisotopic (exact) mass is 241 g/mol. The highest BCUT2D eigenvalue weighted by Gasteiger charge is 2.26. The fourth-order valence-electron chi connectivity index (χ4n) is 2.81. The molecule has 2 saturated heterocycles. The van der Waals surface area contributed by atoms with Crippen LogP contribution in [0.15, 0.2) is 0 Å². The van der Waals surface area contributed by atoms with Crippen LogP contribution in [-0.2, 0) is 4.74 Å². The topological polar surface area (TPSA) is 27.7 Å². The minimum atomic E-state index is 0.386. The highest BCUT2D eigenvalue weighted by molar-refractivity contribution is 4.82. The molecule has 0 aromatic heterocycles. The smallest absolute Gasteiger partial charge is 0.0829 e. The zero-order chi connectivity index (χ0) is 12.3. The molecule has 2 fully saturated rings. The number of morpholine rings is 1. The van der Waals surface area contributed by atoms with E-state index in [0.29, 0.717) is 18.2 Å². The van der Waals surface area contributed by atoms with Gasteiger partial charge in [-0.1, -0.05) is 0 Å². The Morgan fingerprint density at radius 2 is 2.29 bits per heavy atom. The highest BCUT2D eigenvalue weighted by Crippen LogP contribution is 2.12. The molecule has 4 nitrogen and oxygen atoms in total. The molecule has 0 aromatic carbocycles. The van der Waals surface area contributed by atoms with Gasteiger partial charge in [0.15, 0.2) is 0 Å². The Labute approximate surface area is 105 Å². The Bertz CT molecular complexity index is 229. The van der Waals surface area contributed by atoms with Crippen molar-refractivity contribution < 1.29 is 4.74 Å². The van der Waals surface area contributed by atoms with Crippen molar-refractivity contribution in [2.75, 3.05) is 46.4 Å². The zero-order valence-electron chi connectivity index (χ0n) is 11.5. The van der Waals surface area contributed by atoms with Crippen molar-refractivity contribution in [2.24, 2.45) is 0 Å². The second-order valence-electron chi connectivity index (χ2n) is 5.67. The quantitative estimate of drug-likeness (QED) is 0.770. The van der Waals surface area contributed by atoms with E-state index >= 15 is 0 Å². The van der Waals surface area contributed by atoms with Crippen LogP contribution in [0, 0.1) is 0 Å². The number of likely N-dealkylation sites (N-methyl/N-ethyl adjacent to an activating group) is 1. The van der Waals surface area contributed by atoms with Crippen molar-refractivity contribution in [1.29, 1.82) is 0 Å².